The highest BCUT2D eigenvalue weighted by Crippen LogP contribution is 2.41. The Morgan fingerprint density at radius 1 is 0.510 bits per heavy atom. The zero-order chi connectivity index (χ0) is 77.1. The Morgan fingerprint density at radius 3 is 1.19 bits per heavy atom. The number of nitrogen functional groups attached to an aromatic ring is 1. The standard InChI is InChI=1S/C13H14N2O6.C13H12N2O6.C11H10N2O7.C11H12N2O5.C10H11NO5.C3H5NO2/c2*1-20-8-2-9(11(18)4-15(6-16)7-17)13-10(3-8)14-12(19)5-21-13;1-20-7-2-8(10(16)4-12(5-14)6-15)11(17)9(3-7)13(18)19;1-18-7-2-8(11(17)9(12)3-7)10(16)4-13(5-14)6-15;1-3-9(12)7-4-6(16-2)5-8(10(7)13)11(14)15;4-3(1-5)2-6/h2-3,6-7,11,18H,4-5H2,1H3,(H,14,19);2-3,6-7H,4-5H2,1H3,(H,14,19);2-3,5-6,17H,4H2,1H3;2-3,5-6,17H,4,12H2,1H3;4-5,13H,3H2,1-2H3;1-3H,4H2/t11-;;;;;/m0...../s1. The summed E-state index contributed by atoms with van der Waals surface area (Å²) in [7, 11) is 6.78. The van der Waals surface area contributed by atoms with Gasteiger partial charge in [0.15, 0.2) is 42.1 Å². The molecule has 0 aliphatic carbocycles. The van der Waals surface area contributed by atoms with E-state index in [1.54, 1.807) is 13.0 Å². The third-order valence-corrected chi connectivity index (χ3v) is 12.8. The van der Waals surface area contributed by atoms with Crippen LogP contribution in [0.3, 0.4) is 0 Å². The number of nitro benzene ring substituents is 2. The van der Waals surface area contributed by atoms with Gasteiger partial charge in [0.25, 0.3) is 11.8 Å². The minimum absolute atomic E-state index is 0.0124. The van der Waals surface area contributed by atoms with E-state index in [0.29, 0.717) is 74.3 Å². The number of ether oxygens (including phenoxy) is 7. The van der Waals surface area contributed by atoms with E-state index in [-0.39, 0.29) is 128 Å². The number of hydrogen-bond acceptors (Lipinski definition) is 33. The van der Waals surface area contributed by atoms with Crippen molar-refractivity contribution >= 4 is 127 Å². The normalized spacial score (nSPS) is 11.1. The quantitative estimate of drug-likeness (QED) is 0.00550. The summed E-state index contributed by atoms with van der Waals surface area (Å²) < 4.78 is 35.2. The molecule has 2 aliphatic heterocycles. The molecule has 0 saturated carbocycles. The molecular formula is C61H64N10O31. The molecule has 0 unspecified atom stereocenters. The van der Waals surface area contributed by atoms with Gasteiger partial charge in [-0.3, -0.25) is 107 Å². The first-order chi connectivity index (χ1) is 48.4. The largest absolute Gasteiger partial charge is 0.505 e. The molecule has 544 valence electrons. The number of aliphatic hydroxyl groups is 1. The van der Waals surface area contributed by atoms with E-state index in [0.717, 1.165) is 23.1 Å². The van der Waals surface area contributed by atoms with Crippen LogP contribution < -0.4 is 55.3 Å². The number of nitro groups is 2. The van der Waals surface area contributed by atoms with Crippen molar-refractivity contribution in [2.45, 2.75) is 25.5 Å². The molecular weight excluding hydrogens is 1370 g/mol. The summed E-state index contributed by atoms with van der Waals surface area (Å²) in [5.41, 5.74) is 9.46. The van der Waals surface area contributed by atoms with Gasteiger partial charge in [0.05, 0.1) is 123 Å². The second-order valence-corrected chi connectivity index (χ2v) is 19.5. The minimum Gasteiger partial charge on any atom is -0.505 e. The maximum atomic E-state index is 12.2. The van der Waals surface area contributed by atoms with Crippen molar-refractivity contribution in [1.82, 2.24) is 19.6 Å². The van der Waals surface area contributed by atoms with Gasteiger partial charge in [-0.25, -0.2) is 0 Å². The molecule has 0 spiro atoms. The number of fused-ring (bicyclic) bond motifs is 2. The molecule has 10 N–H and O–H groups in total. The molecule has 10 amide bonds. The number of phenols is 3. The van der Waals surface area contributed by atoms with Gasteiger partial charge in [-0.05, 0) is 30.3 Å². The van der Waals surface area contributed by atoms with E-state index in [2.05, 4.69) is 10.6 Å². The van der Waals surface area contributed by atoms with Gasteiger partial charge in [-0.15, -0.1) is 0 Å². The highest BCUT2D eigenvalue weighted by Gasteiger charge is 2.29. The molecule has 7 rings (SSSR count). The summed E-state index contributed by atoms with van der Waals surface area (Å²) in [5, 5.41) is 65.6. The lowest BCUT2D eigenvalue weighted by Crippen LogP contribution is -2.30. The fourth-order valence-electron chi connectivity index (χ4n) is 7.84. The monoisotopic (exact) mass is 1430 g/mol. The Labute approximate surface area is 574 Å². The number of hydrogen-bond donors (Lipinski definition) is 8. The van der Waals surface area contributed by atoms with Crippen molar-refractivity contribution in [3.8, 4) is 57.5 Å². The van der Waals surface area contributed by atoms with Crippen LogP contribution in [0.1, 0.15) is 66.4 Å². The molecule has 102 heavy (non-hydrogen) atoms. The van der Waals surface area contributed by atoms with E-state index < -0.39 is 93.2 Å². The molecule has 1 atom stereocenters. The first kappa shape index (κ1) is 84.2. The predicted molar refractivity (Wildman–Crippen MR) is 344 cm³/mol. The minimum atomic E-state index is -1.17. The lowest BCUT2D eigenvalue weighted by molar-refractivity contribution is -0.386. The number of Topliss-reactive ketones (excluding diaryl/α,β-unsaturated/α-hetero) is 4. The van der Waals surface area contributed by atoms with Crippen LogP contribution in [0, 0.1) is 20.2 Å². The van der Waals surface area contributed by atoms with Crippen LogP contribution >= 0.6 is 0 Å². The number of rotatable bonds is 31. The second-order valence-electron chi connectivity index (χ2n) is 19.5. The van der Waals surface area contributed by atoms with Crippen LogP contribution in [0.2, 0.25) is 0 Å². The molecule has 0 saturated heterocycles. The van der Waals surface area contributed by atoms with Gasteiger partial charge >= 0.3 is 11.4 Å². The van der Waals surface area contributed by atoms with Crippen LogP contribution in [0.5, 0.6) is 57.5 Å². The fraction of sp³-hybridized carbons (Fsp3) is 0.246. The van der Waals surface area contributed by atoms with Crippen LogP contribution in [0.15, 0.2) is 60.7 Å². The number of nitrogens with two attached hydrogens (primary N) is 2. The Kier molecular flexibility index (Phi) is 34.6. The zero-order valence-electron chi connectivity index (χ0n) is 54.3. The van der Waals surface area contributed by atoms with Gasteiger partial charge in [0.2, 0.25) is 62.8 Å². The smallest absolute Gasteiger partial charge is 0.315 e. The Hall–Kier alpha value is -13.9. The summed E-state index contributed by atoms with van der Waals surface area (Å²) in [4.78, 5) is 195. The molecule has 2 heterocycles. The summed E-state index contributed by atoms with van der Waals surface area (Å²) >= 11 is 0. The topological polar surface area (TPSA) is 594 Å². The van der Waals surface area contributed by atoms with Crippen LogP contribution in [-0.4, -0.2) is 230 Å². The lowest BCUT2D eigenvalue weighted by Gasteiger charge is -2.24. The van der Waals surface area contributed by atoms with Crippen molar-refractivity contribution in [2.75, 3.05) is 91.3 Å². The van der Waals surface area contributed by atoms with Crippen molar-refractivity contribution < 1.29 is 140 Å². The number of carbonyl (C=O) groups is 16. The van der Waals surface area contributed by atoms with Crippen molar-refractivity contribution in [3.63, 3.8) is 0 Å². The molecule has 5 aromatic rings. The summed E-state index contributed by atoms with van der Waals surface area (Å²) in [5.74, 6) is -3.23. The summed E-state index contributed by atoms with van der Waals surface area (Å²) in [6.07, 6.45) is 1.54. The number of aromatic hydroxyl groups is 3. The summed E-state index contributed by atoms with van der Waals surface area (Å²) in [6, 6.07) is 12.1. The number of carbonyl (C=O) groups excluding carboxylic acids is 16. The number of imide groups is 4. The number of ketones is 4. The van der Waals surface area contributed by atoms with E-state index >= 15 is 0 Å². The van der Waals surface area contributed by atoms with Gasteiger partial charge in [-0.2, -0.15) is 0 Å². The Balaban J connectivity index is 0.000000426. The molecule has 2 aliphatic rings. The molecule has 5 aromatic carbocycles. The third-order valence-electron chi connectivity index (χ3n) is 12.8. The van der Waals surface area contributed by atoms with Crippen molar-refractivity contribution in [3.05, 3.63) is 109 Å². The third kappa shape index (κ3) is 24.3. The molecule has 0 fully saturated rings. The van der Waals surface area contributed by atoms with Gasteiger partial charge < -0.3 is 85.3 Å². The summed E-state index contributed by atoms with van der Waals surface area (Å²) in [6.45, 7) is -0.576. The maximum absolute atomic E-state index is 12.2. The Bertz CT molecular complexity index is 3940. The average molecular weight is 1430 g/mol. The van der Waals surface area contributed by atoms with Crippen molar-refractivity contribution in [2.24, 2.45) is 5.73 Å². The van der Waals surface area contributed by atoms with E-state index in [9.17, 15) is 117 Å². The van der Waals surface area contributed by atoms with E-state index in [4.69, 9.17) is 44.6 Å². The zero-order valence-corrected chi connectivity index (χ0v) is 54.3. The number of phenolic OH excluding ortho intramolecular Hbond substituents is 3. The number of methoxy groups -OCH3 is 5. The molecule has 0 radical (unpaired) electrons. The SMILES string of the molecule is CCC(=O)c1cc(OC)cc([N+](=O)[O-])c1O.COc1cc(C(=O)CN(C=O)C=O)c(O)c([N+](=O)[O-])c1.COc1cc(N)c(O)c(C(=O)CN(C=O)C=O)c1.COc1cc2c(c(C(=O)CN(C=O)C=O)c1)OCC(=O)N2.COc1cc2c(c([C@@H](O)CN(C=O)C=O)c1)OCC(=O)N2.NC(C=O)C=O. The van der Waals surface area contributed by atoms with Crippen LogP contribution in [0.4, 0.5) is 28.4 Å². The van der Waals surface area contributed by atoms with Crippen LogP contribution in [0.25, 0.3) is 0 Å². The number of aldehydes is 2. The lowest BCUT2D eigenvalue weighted by atomic mass is 10.0. The van der Waals surface area contributed by atoms with Gasteiger partial charge in [-0.1, -0.05) is 6.92 Å². The maximum Gasteiger partial charge on any atom is 0.315 e. The number of amides is 10. The predicted octanol–water partition coefficient (Wildman–Crippen LogP) is -0.00190. The first-order valence-electron chi connectivity index (χ1n) is 28.2. The van der Waals surface area contributed by atoms with E-state index in [1.807, 2.05) is 0 Å². The number of anilines is 3. The van der Waals surface area contributed by atoms with Gasteiger partial charge in [0.1, 0.15) is 65.0 Å². The molecule has 41 heteroatoms. The first-order valence-corrected chi connectivity index (χ1v) is 28.2. The second kappa shape index (κ2) is 42.0. The number of benzene rings is 5. The fourth-order valence-corrected chi connectivity index (χ4v) is 7.84. The Morgan fingerprint density at radius 2 is 0.833 bits per heavy atom. The number of nitrogens with zero attached hydrogens (tertiary/aromatic N) is 6. The van der Waals surface area contributed by atoms with Crippen LogP contribution in [-0.2, 0) is 57.5 Å². The van der Waals surface area contributed by atoms with Crippen molar-refractivity contribution in [1.29, 1.82) is 0 Å². The van der Waals surface area contributed by atoms with Gasteiger partial charge in [0, 0.05) is 30.2 Å². The molecule has 0 bridgehead atoms. The number of nitrogens with one attached hydrogen (secondary N) is 2. The highest BCUT2D eigenvalue weighted by atomic mass is 16.6. The molecule has 41 nitrogen and oxygen atoms in total. The van der Waals surface area contributed by atoms with E-state index in [1.165, 1.54) is 71.9 Å². The molecule has 0 aromatic heterocycles. The number of aliphatic hydroxyl groups excluding tert-OH is 1. The highest BCUT2D eigenvalue weighted by molar-refractivity contribution is 6.07. The average Bonchev–Trinajstić information content (AvgIpc) is 0.822.